The zero-order valence-electron chi connectivity index (χ0n) is 10.4. The molecule has 2 rings (SSSR count). The lowest BCUT2D eigenvalue weighted by Crippen LogP contribution is -2.17. The number of aromatic amines is 1. The summed E-state index contributed by atoms with van der Waals surface area (Å²) in [5.41, 5.74) is -0.853. The van der Waals surface area contributed by atoms with Crippen molar-refractivity contribution in [3.8, 4) is 0 Å². The number of anilines is 1. The lowest BCUT2D eigenvalue weighted by Gasteiger charge is -2.08. The average molecular weight is 335 g/mol. The monoisotopic (exact) mass is 334 g/mol. The summed E-state index contributed by atoms with van der Waals surface area (Å²) in [6.07, 6.45) is 0. The zero-order chi connectivity index (χ0) is 15.8. The minimum atomic E-state index is -4.43. The number of aromatic nitrogens is 3. The molecule has 0 aliphatic heterocycles. The van der Waals surface area contributed by atoms with Gasteiger partial charge in [-0.05, 0) is 19.1 Å². The van der Waals surface area contributed by atoms with Crippen LogP contribution in [0, 0.1) is 12.7 Å². The summed E-state index contributed by atoms with van der Waals surface area (Å²) >= 11 is 5.62. The van der Waals surface area contributed by atoms with Crippen molar-refractivity contribution in [3.05, 3.63) is 34.4 Å². The van der Waals surface area contributed by atoms with E-state index in [2.05, 4.69) is 15.2 Å². The first-order valence-corrected chi connectivity index (χ1v) is 7.21. The molecule has 1 aromatic heterocycles. The fraction of sp³-hybridized carbons (Fsp3) is 0.100. The van der Waals surface area contributed by atoms with Gasteiger partial charge in [0.1, 0.15) is 10.7 Å². The van der Waals surface area contributed by atoms with Crippen LogP contribution in [0.2, 0.25) is 5.02 Å². The second-order valence-electron chi connectivity index (χ2n) is 3.92. The fourth-order valence-electron chi connectivity index (χ4n) is 1.48. The number of rotatable bonds is 4. The molecule has 1 aromatic carbocycles. The Morgan fingerprint density at radius 2 is 2.14 bits per heavy atom. The highest BCUT2D eigenvalue weighted by Crippen LogP contribution is 2.25. The first-order chi connectivity index (χ1) is 9.70. The molecule has 3 N–H and O–H groups in total. The van der Waals surface area contributed by atoms with Crippen molar-refractivity contribution >= 4 is 33.5 Å². The maximum atomic E-state index is 14.0. The molecule has 0 radical (unpaired) electrons. The van der Waals surface area contributed by atoms with Crippen molar-refractivity contribution in [2.75, 3.05) is 4.72 Å². The molecule has 0 spiro atoms. The minimum absolute atomic E-state index is 0.236. The molecule has 11 heteroatoms. The highest BCUT2D eigenvalue weighted by Gasteiger charge is 2.26. The number of aryl methyl sites for hydroxylation is 1. The molecule has 0 unspecified atom stereocenters. The van der Waals surface area contributed by atoms with Gasteiger partial charge in [0, 0.05) is 5.02 Å². The fourth-order valence-corrected chi connectivity index (χ4v) is 2.83. The van der Waals surface area contributed by atoms with E-state index in [1.54, 1.807) is 0 Å². The average Bonchev–Trinajstić information content (AvgIpc) is 2.76. The topological polar surface area (TPSA) is 125 Å². The predicted molar refractivity (Wildman–Crippen MR) is 70.3 cm³/mol. The third kappa shape index (κ3) is 3.11. The van der Waals surface area contributed by atoms with Gasteiger partial charge in [0.2, 0.25) is 0 Å². The van der Waals surface area contributed by atoms with E-state index in [1.807, 2.05) is 4.72 Å². The molecule has 0 aliphatic carbocycles. The molecule has 0 fully saturated rings. The third-order valence-corrected chi connectivity index (χ3v) is 3.89. The Hall–Kier alpha value is -2.20. The SMILES string of the molecule is Cc1nc(NS(=O)(=O)c2cc(Cl)cc(C(=O)O)c2F)n[nH]1. The number of hydrogen-bond donors (Lipinski definition) is 3. The van der Waals surface area contributed by atoms with Gasteiger partial charge in [-0.25, -0.2) is 22.3 Å². The van der Waals surface area contributed by atoms with Gasteiger partial charge in [0.25, 0.3) is 16.0 Å². The Kier molecular flexibility index (Phi) is 3.83. The first-order valence-electron chi connectivity index (χ1n) is 5.35. The Morgan fingerprint density at radius 1 is 1.48 bits per heavy atom. The highest BCUT2D eigenvalue weighted by atomic mass is 35.5. The van der Waals surface area contributed by atoms with Crippen LogP contribution in [0.5, 0.6) is 0 Å². The van der Waals surface area contributed by atoms with Crippen molar-refractivity contribution in [3.63, 3.8) is 0 Å². The van der Waals surface area contributed by atoms with E-state index >= 15 is 0 Å². The van der Waals surface area contributed by atoms with E-state index in [1.165, 1.54) is 6.92 Å². The predicted octanol–water partition coefficient (Wildman–Crippen LogP) is 1.40. The number of nitrogens with one attached hydrogen (secondary N) is 2. The number of carboxylic acid groups (broad SMARTS) is 1. The zero-order valence-corrected chi connectivity index (χ0v) is 12.0. The standard InChI is InChI=1S/C10H8ClFN4O4S/c1-4-13-10(15-14-4)16-21(19,20)7-3-5(11)2-6(8(7)12)9(17)18/h2-3H,1H3,(H,17,18)(H2,13,14,15,16). The van der Waals surface area contributed by atoms with Gasteiger partial charge in [0.05, 0.1) is 5.56 Å². The number of nitrogens with zero attached hydrogens (tertiary/aromatic N) is 2. The van der Waals surface area contributed by atoms with E-state index in [-0.39, 0.29) is 11.0 Å². The van der Waals surface area contributed by atoms with Crippen LogP contribution in [0.4, 0.5) is 10.3 Å². The second-order valence-corrected chi connectivity index (χ2v) is 6.01. The van der Waals surface area contributed by atoms with Crippen molar-refractivity contribution in [2.24, 2.45) is 0 Å². The number of carbonyl (C=O) groups is 1. The number of halogens is 2. The van der Waals surface area contributed by atoms with Crippen molar-refractivity contribution in [1.82, 2.24) is 15.2 Å². The van der Waals surface area contributed by atoms with Crippen LogP contribution in [0.25, 0.3) is 0 Å². The Bertz CT molecular complexity index is 820. The maximum absolute atomic E-state index is 14.0. The minimum Gasteiger partial charge on any atom is -0.478 e. The molecule has 0 bridgehead atoms. The van der Waals surface area contributed by atoms with Crippen LogP contribution < -0.4 is 4.72 Å². The van der Waals surface area contributed by atoms with Crippen LogP contribution in [-0.2, 0) is 10.0 Å². The van der Waals surface area contributed by atoms with Gasteiger partial charge in [-0.1, -0.05) is 11.6 Å². The Morgan fingerprint density at radius 3 is 2.67 bits per heavy atom. The lowest BCUT2D eigenvalue weighted by molar-refractivity contribution is 0.0691. The number of aromatic carboxylic acids is 1. The molecule has 0 saturated carbocycles. The van der Waals surface area contributed by atoms with Crippen LogP contribution in [0.3, 0.4) is 0 Å². The van der Waals surface area contributed by atoms with E-state index < -0.39 is 32.3 Å². The van der Waals surface area contributed by atoms with Gasteiger partial charge in [-0.15, -0.1) is 5.10 Å². The van der Waals surface area contributed by atoms with Crippen LogP contribution in [-0.4, -0.2) is 34.7 Å². The Labute approximate surface area is 123 Å². The molecular formula is C10H8ClFN4O4S. The second kappa shape index (κ2) is 5.30. The van der Waals surface area contributed by atoms with E-state index in [9.17, 15) is 17.6 Å². The molecule has 1 heterocycles. The molecule has 8 nitrogen and oxygen atoms in total. The molecule has 2 aromatic rings. The van der Waals surface area contributed by atoms with E-state index in [0.717, 1.165) is 12.1 Å². The molecule has 0 aliphatic rings. The van der Waals surface area contributed by atoms with Gasteiger partial charge < -0.3 is 5.11 Å². The van der Waals surface area contributed by atoms with Gasteiger partial charge >= 0.3 is 5.97 Å². The van der Waals surface area contributed by atoms with Gasteiger partial charge in [0.15, 0.2) is 5.82 Å². The summed E-state index contributed by atoms with van der Waals surface area (Å²) < 4.78 is 40.0. The van der Waals surface area contributed by atoms with Crippen LogP contribution in [0.1, 0.15) is 16.2 Å². The quantitative estimate of drug-likeness (QED) is 0.776. The Balaban J connectivity index is 2.52. The number of carboxylic acids is 1. The molecule has 0 atom stereocenters. The van der Waals surface area contributed by atoms with Crippen molar-refractivity contribution in [2.45, 2.75) is 11.8 Å². The largest absolute Gasteiger partial charge is 0.478 e. The van der Waals surface area contributed by atoms with Crippen molar-refractivity contribution < 1.29 is 22.7 Å². The van der Waals surface area contributed by atoms with Crippen LogP contribution in [0.15, 0.2) is 17.0 Å². The van der Waals surface area contributed by atoms with Gasteiger partial charge in [-0.3, -0.25) is 5.10 Å². The summed E-state index contributed by atoms with van der Waals surface area (Å²) in [4.78, 5) is 13.7. The highest BCUT2D eigenvalue weighted by molar-refractivity contribution is 7.92. The summed E-state index contributed by atoms with van der Waals surface area (Å²) in [6.45, 7) is 1.54. The normalized spacial score (nSPS) is 11.4. The molecule has 0 saturated heterocycles. The van der Waals surface area contributed by atoms with E-state index in [4.69, 9.17) is 16.7 Å². The molecule has 21 heavy (non-hydrogen) atoms. The number of H-pyrrole nitrogens is 1. The summed E-state index contributed by atoms with van der Waals surface area (Å²) in [6, 6.07) is 1.61. The molecule has 112 valence electrons. The maximum Gasteiger partial charge on any atom is 0.338 e. The number of sulfonamides is 1. The summed E-state index contributed by atoms with van der Waals surface area (Å²) in [5.74, 6) is -3.03. The number of hydrogen-bond acceptors (Lipinski definition) is 5. The molecule has 0 amide bonds. The third-order valence-electron chi connectivity index (χ3n) is 2.35. The number of benzene rings is 1. The lowest BCUT2D eigenvalue weighted by atomic mass is 10.2. The van der Waals surface area contributed by atoms with Gasteiger partial charge in [-0.2, -0.15) is 4.98 Å². The van der Waals surface area contributed by atoms with E-state index in [0.29, 0.717) is 5.82 Å². The first kappa shape index (κ1) is 15.2. The van der Waals surface area contributed by atoms with Crippen molar-refractivity contribution in [1.29, 1.82) is 0 Å². The summed E-state index contributed by atoms with van der Waals surface area (Å²) in [5, 5.41) is 14.5. The smallest absolute Gasteiger partial charge is 0.338 e. The van der Waals surface area contributed by atoms with Crippen LogP contribution >= 0.6 is 11.6 Å². The molecular weight excluding hydrogens is 327 g/mol. The summed E-state index contributed by atoms with van der Waals surface area (Å²) in [7, 11) is -4.43.